The highest BCUT2D eigenvalue weighted by Crippen LogP contribution is 2.25. The number of carbonyl (C=O) groups is 1. The van der Waals surface area contributed by atoms with Crippen molar-refractivity contribution in [2.45, 2.75) is 6.92 Å². The average Bonchev–Trinajstić information content (AvgIpc) is 3.13. The van der Waals surface area contributed by atoms with Gasteiger partial charge in [0.1, 0.15) is 22.6 Å². The zero-order valence-corrected chi connectivity index (χ0v) is 14.1. The fourth-order valence-corrected chi connectivity index (χ4v) is 2.61. The largest absolute Gasteiger partial charge is 0.478 e. The van der Waals surface area contributed by atoms with Gasteiger partial charge in [-0.15, -0.1) is 5.10 Å². The van der Waals surface area contributed by atoms with Crippen LogP contribution in [0.3, 0.4) is 0 Å². The highest BCUT2D eigenvalue weighted by Gasteiger charge is 2.15. The van der Waals surface area contributed by atoms with Crippen molar-refractivity contribution in [2.24, 2.45) is 0 Å². The topological polar surface area (TPSA) is 105 Å². The predicted octanol–water partition coefficient (Wildman–Crippen LogP) is 3.08. The first-order valence-electron chi connectivity index (χ1n) is 7.96. The van der Waals surface area contributed by atoms with E-state index in [0.29, 0.717) is 22.7 Å². The highest BCUT2D eigenvalue weighted by molar-refractivity contribution is 5.95. The van der Waals surface area contributed by atoms with Gasteiger partial charge in [-0.25, -0.2) is 23.7 Å². The maximum atomic E-state index is 13.5. The summed E-state index contributed by atoms with van der Waals surface area (Å²) in [5.41, 5.74) is 1.64. The van der Waals surface area contributed by atoms with Crippen molar-refractivity contribution in [3.05, 3.63) is 66.0 Å². The molecule has 0 amide bonds. The molecular formula is C18H13FN6O2. The Morgan fingerprint density at radius 2 is 2.07 bits per heavy atom. The SMILES string of the molecule is Cc1nc(-c2nc(Nc3ccncc3C(=O)O)c3cccn3n2)ccc1F. The van der Waals surface area contributed by atoms with Gasteiger partial charge in [0.2, 0.25) is 5.82 Å². The van der Waals surface area contributed by atoms with Gasteiger partial charge < -0.3 is 10.4 Å². The summed E-state index contributed by atoms with van der Waals surface area (Å²) >= 11 is 0. The number of rotatable bonds is 4. The summed E-state index contributed by atoms with van der Waals surface area (Å²) in [6.45, 7) is 1.56. The van der Waals surface area contributed by atoms with E-state index >= 15 is 0 Å². The lowest BCUT2D eigenvalue weighted by atomic mass is 10.2. The fourth-order valence-electron chi connectivity index (χ4n) is 2.61. The lowest BCUT2D eigenvalue weighted by Crippen LogP contribution is -2.07. The fraction of sp³-hybridized carbons (Fsp3) is 0.0556. The van der Waals surface area contributed by atoms with Crippen LogP contribution >= 0.6 is 0 Å². The molecule has 4 aromatic heterocycles. The molecule has 4 heterocycles. The summed E-state index contributed by atoms with van der Waals surface area (Å²) in [7, 11) is 0. The minimum absolute atomic E-state index is 0.0121. The molecular weight excluding hydrogens is 351 g/mol. The van der Waals surface area contributed by atoms with E-state index in [0.717, 1.165) is 0 Å². The van der Waals surface area contributed by atoms with Crippen LogP contribution in [0.5, 0.6) is 0 Å². The van der Waals surface area contributed by atoms with Crippen LogP contribution in [0.1, 0.15) is 16.1 Å². The van der Waals surface area contributed by atoms with E-state index in [-0.39, 0.29) is 17.1 Å². The van der Waals surface area contributed by atoms with Gasteiger partial charge in [0.15, 0.2) is 5.82 Å². The maximum Gasteiger partial charge on any atom is 0.339 e. The Morgan fingerprint density at radius 3 is 2.85 bits per heavy atom. The normalized spacial score (nSPS) is 10.9. The number of carboxylic acid groups (broad SMARTS) is 1. The third-order valence-corrected chi connectivity index (χ3v) is 3.95. The molecule has 0 aliphatic rings. The minimum Gasteiger partial charge on any atom is -0.478 e. The van der Waals surface area contributed by atoms with Gasteiger partial charge in [0.25, 0.3) is 0 Å². The van der Waals surface area contributed by atoms with Gasteiger partial charge in [-0.05, 0) is 37.3 Å². The number of nitrogens with zero attached hydrogens (tertiary/aromatic N) is 5. The van der Waals surface area contributed by atoms with Crippen molar-refractivity contribution in [1.82, 2.24) is 24.6 Å². The zero-order chi connectivity index (χ0) is 19.0. The molecule has 27 heavy (non-hydrogen) atoms. The summed E-state index contributed by atoms with van der Waals surface area (Å²) < 4.78 is 15.1. The van der Waals surface area contributed by atoms with Crippen LogP contribution in [0, 0.1) is 12.7 Å². The number of anilines is 2. The molecule has 0 radical (unpaired) electrons. The number of fused-ring (bicyclic) bond motifs is 1. The number of nitrogens with one attached hydrogen (secondary N) is 1. The second-order valence-corrected chi connectivity index (χ2v) is 5.74. The number of pyridine rings is 2. The molecule has 2 N–H and O–H groups in total. The molecule has 134 valence electrons. The predicted molar refractivity (Wildman–Crippen MR) is 95.4 cm³/mol. The Kier molecular flexibility index (Phi) is 3.96. The Morgan fingerprint density at radius 1 is 1.22 bits per heavy atom. The zero-order valence-electron chi connectivity index (χ0n) is 14.1. The Bertz CT molecular complexity index is 1170. The van der Waals surface area contributed by atoms with E-state index in [1.54, 1.807) is 35.8 Å². The van der Waals surface area contributed by atoms with Crippen molar-refractivity contribution in [1.29, 1.82) is 0 Å². The lowest BCUT2D eigenvalue weighted by molar-refractivity contribution is 0.0697. The molecule has 0 fully saturated rings. The number of carboxylic acids is 1. The first-order valence-corrected chi connectivity index (χ1v) is 7.96. The minimum atomic E-state index is -1.11. The molecule has 0 unspecified atom stereocenters. The van der Waals surface area contributed by atoms with E-state index < -0.39 is 11.8 Å². The molecule has 0 bridgehead atoms. The quantitative estimate of drug-likeness (QED) is 0.573. The van der Waals surface area contributed by atoms with Gasteiger partial charge in [0.05, 0.1) is 11.4 Å². The van der Waals surface area contributed by atoms with Crippen molar-refractivity contribution in [3.8, 4) is 11.5 Å². The van der Waals surface area contributed by atoms with Crippen LogP contribution in [0.25, 0.3) is 17.0 Å². The Labute approximate surface area is 152 Å². The van der Waals surface area contributed by atoms with E-state index in [1.165, 1.54) is 24.5 Å². The third-order valence-electron chi connectivity index (χ3n) is 3.95. The van der Waals surface area contributed by atoms with Crippen molar-refractivity contribution in [2.75, 3.05) is 5.32 Å². The van der Waals surface area contributed by atoms with E-state index in [1.807, 2.05) is 0 Å². The summed E-state index contributed by atoms with van der Waals surface area (Å²) in [6.07, 6.45) is 4.47. The van der Waals surface area contributed by atoms with Gasteiger partial charge in [-0.1, -0.05) is 0 Å². The second kappa shape index (κ2) is 6.45. The Balaban J connectivity index is 1.84. The van der Waals surface area contributed by atoms with Crippen LogP contribution in [0.15, 0.2) is 48.9 Å². The van der Waals surface area contributed by atoms with Crippen LogP contribution in [0.2, 0.25) is 0 Å². The third kappa shape index (κ3) is 3.06. The van der Waals surface area contributed by atoms with Crippen molar-refractivity contribution in [3.63, 3.8) is 0 Å². The molecule has 4 aromatic rings. The average molecular weight is 364 g/mol. The molecule has 9 heteroatoms. The molecule has 0 spiro atoms. The molecule has 0 aliphatic carbocycles. The van der Waals surface area contributed by atoms with Crippen LogP contribution < -0.4 is 5.32 Å². The lowest BCUT2D eigenvalue weighted by Gasteiger charge is -2.11. The van der Waals surface area contributed by atoms with Crippen molar-refractivity contribution >= 4 is 23.0 Å². The summed E-state index contributed by atoms with van der Waals surface area (Å²) in [5.74, 6) is -0.859. The molecule has 4 rings (SSSR count). The van der Waals surface area contributed by atoms with Gasteiger partial charge in [-0.2, -0.15) is 0 Å². The highest BCUT2D eigenvalue weighted by atomic mass is 19.1. The molecule has 0 aliphatic heterocycles. The van der Waals surface area contributed by atoms with Gasteiger partial charge >= 0.3 is 5.97 Å². The molecule has 0 aromatic carbocycles. The van der Waals surface area contributed by atoms with E-state index in [2.05, 4.69) is 25.4 Å². The van der Waals surface area contributed by atoms with Crippen LogP contribution in [-0.2, 0) is 0 Å². The first-order chi connectivity index (χ1) is 13.0. The van der Waals surface area contributed by atoms with E-state index in [9.17, 15) is 14.3 Å². The van der Waals surface area contributed by atoms with Crippen LogP contribution in [-0.4, -0.2) is 35.6 Å². The van der Waals surface area contributed by atoms with Crippen LogP contribution in [0.4, 0.5) is 15.9 Å². The number of hydrogen-bond acceptors (Lipinski definition) is 6. The molecule has 0 atom stereocenters. The summed E-state index contributed by atoms with van der Waals surface area (Å²) in [5, 5.41) is 16.8. The number of hydrogen-bond donors (Lipinski definition) is 2. The number of aryl methyl sites for hydroxylation is 1. The van der Waals surface area contributed by atoms with Gasteiger partial charge in [-0.3, -0.25) is 4.98 Å². The maximum absolute atomic E-state index is 13.5. The monoisotopic (exact) mass is 364 g/mol. The molecule has 0 saturated heterocycles. The molecule has 0 saturated carbocycles. The van der Waals surface area contributed by atoms with Gasteiger partial charge in [0, 0.05) is 18.6 Å². The second-order valence-electron chi connectivity index (χ2n) is 5.74. The summed E-state index contributed by atoms with van der Waals surface area (Å²) in [4.78, 5) is 23.9. The van der Waals surface area contributed by atoms with Crippen molar-refractivity contribution < 1.29 is 14.3 Å². The number of halogens is 1. The smallest absolute Gasteiger partial charge is 0.339 e. The summed E-state index contributed by atoms with van der Waals surface area (Å²) in [6, 6.07) is 7.92. The van der Waals surface area contributed by atoms with E-state index in [4.69, 9.17) is 0 Å². The Hall–Kier alpha value is -3.88. The standard InChI is InChI=1S/C18H13FN6O2/c1-10-12(19)4-5-14(21-10)16-23-17(15-3-2-8-25(15)24-16)22-13-6-7-20-9-11(13)18(26)27/h2-9H,1H3,(H,26,27)(H,20,22,23,24). The number of aromatic nitrogens is 5. The first kappa shape index (κ1) is 16.6. The molecule has 8 nitrogen and oxygen atoms in total. The number of aromatic carboxylic acids is 1.